The van der Waals surface area contributed by atoms with Gasteiger partial charge in [-0.2, -0.15) is 0 Å². The highest BCUT2D eigenvalue weighted by molar-refractivity contribution is 9.10. The second-order valence-electron chi connectivity index (χ2n) is 7.51. The van der Waals surface area contributed by atoms with Gasteiger partial charge < -0.3 is 14.5 Å². The summed E-state index contributed by atoms with van der Waals surface area (Å²) in [7, 11) is 1.56. The minimum atomic E-state index is -0.251. The molecule has 1 aromatic heterocycles. The third kappa shape index (κ3) is 3.63. The molecule has 0 saturated carbocycles. The van der Waals surface area contributed by atoms with Crippen LogP contribution in [0.25, 0.3) is 33.3 Å². The van der Waals surface area contributed by atoms with Crippen molar-refractivity contribution in [2.45, 2.75) is 6.92 Å². The van der Waals surface area contributed by atoms with Crippen LogP contribution < -0.4 is 10.1 Å². The lowest BCUT2D eigenvalue weighted by molar-refractivity contribution is 0.102. The summed E-state index contributed by atoms with van der Waals surface area (Å²) in [5.74, 6) is 0.793. The first-order chi connectivity index (χ1) is 15.5. The summed E-state index contributed by atoms with van der Waals surface area (Å²) in [6, 6.07) is 23.0. The van der Waals surface area contributed by atoms with Crippen LogP contribution in [0.4, 0.5) is 5.69 Å². The third-order valence-electron chi connectivity index (χ3n) is 5.32. The molecule has 1 amide bonds. The molecule has 158 valence electrons. The van der Waals surface area contributed by atoms with Crippen LogP contribution in [0.2, 0.25) is 0 Å². The van der Waals surface area contributed by atoms with E-state index in [4.69, 9.17) is 9.15 Å². The van der Waals surface area contributed by atoms with Gasteiger partial charge in [0.15, 0.2) is 5.58 Å². The van der Waals surface area contributed by atoms with Crippen molar-refractivity contribution in [3.05, 3.63) is 88.4 Å². The van der Waals surface area contributed by atoms with E-state index in [-0.39, 0.29) is 5.91 Å². The number of halogens is 1. The van der Waals surface area contributed by atoms with Crippen LogP contribution in [0.15, 0.2) is 81.7 Å². The fourth-order valence-electron chi connectivity index (χ4n) is 3.70. The number of aromatic nitrogens is 1. The van der Waals surface area contributed by atoms with Crippen LogP contribution in [0, 0.1) is 6.92 Å². The molecule has 32 heavy (non-hydrogen) atoms. The standard InChI is InChI=1S/C26H19BrN2O3/c1-15-7-12-21-22(13-15)32-26(29-21)16-8-10-18(11-9-16)28-25(30)20-14-17-5-3-4-6-19(17)23(27)24(20)31-2/h3-14H,1-2H3,(H,28,30). The van der Waals surface area contributed by atoms with Gasteiger partial charge in [-0.3, -0.25) is 4.79 Å². The Morgan fingerprint density at radius 1 is 1.03 bits per heavy atom. The first-order valence-corrected chi connectivity index (χ1v) is 10.9. The van der Waals surface area contributed by atoms with Crippen LogP contribution in [-0.2, 0) is 0 Å². The second-order valence-corrected chi connectivity index (χ2v) is 8.31. The maximum absolute atomic E-state index is 13.1. The molecule has 0 saturated heterocycles. The van der Waals surface area contributed by atoms with Gasteiger partial charge in [-0.05, 0) is 81.7 Å². The molecule has 0 radical (unpaired) electrons. The zero-order valence-electron chi connectivity index (χ0n) is 17.5. The Labute approximate surface area is 193 Å². The molecule has 5 rings (SSSR count). The summed E-state index contributed by atoms with van der Waals surface area (Å²) in [6.45, 7) is 2.02. The first kappa shape index (κ1) is 20.3. The molecule has 6 heteroatoms. The van der Waals surface area contributed by atoms with Crippen molar-refractivity contribution < 1.29 is 13.9 Å². The number of hydrogen-bond acceptors (Lipinski definition) is 4. The lowest BCUT2D eigenvalue weighted by Gasteiger charge is -2.13. The Bertz CT molecular complexity index is 1470. The van der Waals surface area contributed by atoms with E-state index < -0.39 is 0 Å². The van der Waals surface area contributed by atoms with Crippen molar-refractivity contribution in [3.8, 4) is 17.2 Å². The zero-order valence-corrected chi connectivity index (χ0v) is 19.1. The maximum atomic E-state index is 13.1. The van der Waals surface area contributed by atoms with E-state index in [0.717, 1.165) is 37.5 Å². The molecule has 0 spiro atoms. The molecule has 5 aromatic rings. The van der Waals surface area contributed by atoms with E-state index in [1.807, 2.05) is 79.7 Å². The zero-order chi connectivity index (χ0) is 22.2. The van der Waals surface area contributed by atoms with E-state index in [9.17, 15) is 4.79 Å². The lowest BCUT2D eigenvalue weighted by atomic mass is 10.0. The number of nitrogens with one attached hydrogen (secondary N) is 1. The van der Waals surface area contributed by atoms with Crippen molar-refractivity contribution >= 4 is 49.4 Å². The number of oxazole rings is 1. The van der Waals surface area contributed by atoms with Gasteiger partial charge in [-0.1, -0.05) is 30.3 Å². The number of benzene rings is 4. The smallest absolute Gasteiger partial charge is 0.259 e. The van der Waals surface area contributed by atoms with E-state index in [1.54, 1.807) is 7.11 Å². The van der Waals surface area contributed by atoms with Crippen molar-refractivity contribution in [2.24, 2.45) is 0 Å². The van der Waals surface area contributed by atoms with Crippen molar-refractivity contribution in [1.29, 1.82) is 0 Å². The Balaban J connectivity index is 1.42. The summed E-state index contributed by atoms with van der Waals surface area (Å²) in [5, 5.41) is 4.88. The SMILES string of the molecule is COc1c(C(=O)Nc2ccc(-c3nc4ccc(C)cc4o3)cc2)cc2ccccc2c1Br. The average Bonchev–Trinajstić information content (AvgIpc) is 3.22. The molecular formula is C26H19BrN2O3. The number of aryl methyl sites for hydroxylation is 1. The van der Waals surface area contributed by atoms with Gasteiger partial charge >= 0.3 is 0 Å². The fourth-order valence-corrected chi connectivity index (χ4v) is 4.44. The summed E-state index contributed by atoms with van der Waals surface area (Å²) in [5.41, 5.74) is 4.65. The summed E-state index contributed by atoms with van der Waals surface area (Å²) in [4.78, 5) is 17.6. The molecule has 0 aliphatic rings. The van der Waals surface area contributed by atoms with E-state index >= 15 is 0 Å². The number of rotatable bonds is 4. The number of carbonyl (C=O) groups excluding carboxylic acids is 1. The minimum absolute atomic E-state index is 0.251. The predicted octanol–water partition coefficient (Wildman–Crippen LogP) is 6.98. The molecule has 0 aliphatic heterocycles. The number of fused-ring (bicyclic) bond motifs is 2. The number of anilines is 1. The van der Waals surface area contributed by atoms with Crippen LogP contribution in [0.1, 0.15) is 15.9 Å². The van der Waals surface area contributed by atoms with Gasteiger partial charge in [0.05, 0.1) is 17.1 Å². The van der Waals surface area contributed by atoms with Crippen LogP contribution >= 0.6 is 15.9 Å². The van der Waals surface area contributed by atoms with E-state index in [1.165, 1.54) is 0 Å². The van der Waals surface area contributed by atoms with Gasteiger partial charge in [-0.15, -0.1) is 0 Å². The van der Waals surface area contributed by atoms with Gasteiger partial charge in [-0.25, -0.2) is 4.98 Å². The molecule has 0 bridgehead atoms. The summed E-state index contributed by atoms with van der Waals surface area (Å²) in [6.07, 6.45) is 0. The fraction of sp³-hybridized carbons (Fsp3) is 0.0769. The summed E-state index contributed by atoms with van der Waals surface area (Å²) >= 11 is 3.58. The normalized spacial score (nSPS) is 11.1. The van der Waals surface area contributed by atoms with Crippen molar-refractivity contribution in [1.82, 2.24) is 4.98 Å². The molecule has 0 aliphatic carbocycles. The highest BCUT2D eigenvalue weighted by Gasteiger charge is 2.18. The number of amides is 1. The number of ether oxygens (including phenoxy) is 1. The minimum Gasteiger partial charge on any atom is -0.495 e. The Hall–Kier alpha value is -3.64. The highest BCUT2D eigenvalue weighted by Crippen LogP contribution is 2.37. The van der Waals surface area contributed by atoms with Crippen LogP contribution in [0.3, 0.4) is 0 Å². The van der Waals surface area contributed by atoms with Crippen LogP contribution in [0.5, 0.6) is 5.75 Å². The second kappa shape index (κ2) is 8.13. The Morgan fingerprint density at radius 2 is 1.81 bits per heavy atom. The largest absolute Gasteiger partial charge is 0.495 e. The van der Waals surface area contributed by atoms with E-state index in [0.29, 0.717) is 22.9 Å². The Kier molecular flexibility index (Phi) is 5.15. The predicted molar refractivity (Wildman–Crippen MR) is 130 cm³/mol. The monoisotopic (exact) mass is 486 g/mol. The average molecular weight is 487 g/mol. The number of hydrogen-bond donors (Lipinski definition) is 1. The molecular weight excluding hydrogens is 468 g/mol. The van der Waals surface area contributed by atoms with Gasteiger partial charge in [0.25, 0.3) is 5.91 Å². The first-order valence-electron chi connectivity index (χ1n) is 10.1. The molecule has 0 atom stereocenters. The molecule has 1 heterocycles. The van der Waals surface area contributed by atoms with Gasteiger partial charge in [0, 0.05) is 11.3 Å². The van der Waals surface area contributed by atoms with Crippen LogP contribution in [-0.4, -0.2) is 18.0 Å². The molecule has 4 aromatic carbocycles. The highest BCUT2D eigenvalue weighted by atomic mass is 79.9. The Morgan fingerprint density at radius 3 is 2.59 bits per heavy atom. The molecule has 0 fully saturated rings. The molecule has 5 nitrogen and oxygen atoms in total. The third-order valence-corrected chi connectivity index (χ3v) is 6.11. The van der Waals surface area contributed by atoms with E-state index in [2.05, 4.69) is 26.2 Å². The molecule has 0 unspecified atom stereocenters. The van der Waals surface area contributed by atoms with Crippen molar-refractivity contribution in [2.75, 3.05) is 12.4 Å². The topological polar surface area (TPSA) is 64.4 Å². The summed E-state index contributed by atoms with van der Waals surface area (Å²) < 4.78 is 12.2. The number of methoxy groups -OCH3 is 1. The number of nitrogens with zero attached hydrogens (tertiary/aromatic N) is 1. The quantitative estimate of drug-likeness (QED) is 0.297. The maximum Gasteiger partial charge on any atom is 0.259 e. The number of carbonyl (C=O) groups is 1. The van der Waals surface area contributed by atoms with Gasteiger partial charge in [0.2, 0.25) is 5.89 Å². The van der Waals surface area contributed by atoms with Crippen molar-refractivity contribution in [3.63, 3.8) is 0 Å². The molecule has 1 N–H and O–H groups in total. The van der Waals surface area contributed by atoms with Gasteiger partial charge in [0.1, 0.15) is 11.3 Å². The lowest BCUT2D eigenvalue weighted by Crippen LogP contribution is -2.13.